The van der Waals surface area contributed by atoms with E-state index in [4.69, 9.17) is 0 Å². The maximum atomic E-state index is 13.6. The molecule has 11 heteroatoms. The van der Waals surface area contributed by atoms with E-state index in [0.29, 0.717) is 11.4 Å². The molecule has 1 amide bonds. The van der Waals surface area contributed by atoms with E-state index in [1.807, 2.05) is 0 Å². The molecule has 1 heterocycles. The van der Waals surface area contributed by atoms with E-state index < -0.39 is 52.9 Å². The van der Waals surface area contributed by atoms with Crippen LogP contribution in [-0.2, 0) is 11.8 Å². The molecule has 0 aliphatic rings. The molecule has 6 nitrogen and oxygen atoms in total. The van der Waals surface area contributed by atoms with Crippen LogP contribution in [0.25, 0.3) is 5.69 Å². The van der Waals surface area contributed by atoms with E-state index in [-0.39, 0.29) is 5.69 Å². The second-order valence-electron chi connectivity index (χ2n) is 6.17. The lowest BCUT2D eigenvalue weighted by Crippen LogP contribution is -2.26. The SMILES string of the molecule is Cc1c(NC(=O)COc2c(F)c(F)c(F)c(F)c2F)c(=O)n(-c2ccccc2)n1C. The first-order chi connectivity index (χ1) is 14.1. The molecule has 0 radical (unpaired) electrons. The van der Waals surface area contributed by atoms with Crippen molar-refractivity contribution in [3.8, 4) is 11.4 Å². The standard InChI is InChI=1S/C19H14F5N3O3/c1-9-17(19(29)27(26(9)2)10-6-4-3-5-7-10)25-11(28)8-30-18-15(23)13(21)12(20)14(22)16(18)24/h3-7H,8H2,1-2H3,(H,25,28). The summed E-state index contributed by atoms with van der Waals surface area (Å²) in [6.07, 6.45) is 0. The van der Waals surface area contributed by atoms with Crippen molar-refractivity contribution in [2.24, 2.45) is 7.05 Å². The van der Waals surface area contributed by atoms with Crippen molar-refractivity contribution in [3.63, 3.8) is 0 Å². The summed E-state index contributed by atoms with van der Waals surface area (Å²) in [5.41, 5.74) is 0.151. The highest BCUT2D eigenvalue weighted by molar-refractivity contribution is 5.92. The Hall–Kier alpha value is -3.63. The number of amides is 1. The van der Waals surface area contributed by atoms with Crippen LogP contribution >= 0.6 is 0 Å². The Morgan fingerprint density at radius 3 is 2.07 bits per heavy atom. The van der Waals surface area contributed by atoms with Gasteiger partial charge in [-0.3, -0.25) is 14.3 Å². The van der Waals surface area contributed by atoms with Gasteiger partial charge in [0.25, 0.3) is 11.5 Å². The lowest BCUT2D eigenvalue weighted by molar-refractivity contribution is -0.118. The zero-order valence-corrected chi connectivity index (χ0v) is 15.6. The van der Waals surface area contributed by atoms with Crippen LogP contribution in [-0.4, -0.2) is 21.9 Å². The van der Waals surface area contributed by atoms with Crippen LogP contribution in [0, 0.1) is 36.0 Å². The van der Waals surface area contributed by atoms with Crippen molar-refractivity contribution < 1.29 is 31.5 Å². The number of hydrogen-bond donors (Lipinski definition) is 1. The minimum Gasteiger partial charge on any atom is -0.477 e. The fourth-order valence-corrected chi connectivity index (χ4v) is 2.74. The fourth-order valence-electron chi connectivity index (χ4n) is 2.74. The highest BCUT2D eigenvalue weighted by Crippen LogP contribution is 2.29. The van der Waals surface area contributed by atoms with Crippen LogP contribution in [0.15, 0.2) is 35.1 Å². The Bertz CT molecular complexity index is 1160. The highest BCUT2D eigenvalue weighted by atomic mass is 19.2. The molecule has 3 rings (SSSR count). The molecule has 0 saturated carbocycles. The molecule has 0 unspecified atom stereocenters. The van der Waals surface area contributed by atoms with Gasteiger partial charge in [-0.05, 0) is 19.1 Å². The predicted molar refractivity (Wildman–Crippen MR) is 96.1 cm³/mol. The summed E-state index contributed by atoms with van der Waals surface area (Å²) in [5.74, 6) is -13.8. The molecule has 30 heavy (non-hydrogen) atoms. The van der Waals surface area contributed by atoms with Crippen molar-refractivity contribution in [2.75, 3.05) is 11.9 Å². The molecule has 2 aromatic carbocycles. The van der Waals surface area contributed by atoms with Crippen molar-refractivity contribution in [1.82, 2.24) is 9.36 Å². The van der Waals surface area contributed by atoms with Gasteiger partial charge in [-0.15, -0.1) is 0 Å². The van der Waals surface area contributed by atoms with Gasteiger partial charge in [0.1, 0.15) is 5.69 Å². The number of nitrogens with zero attached hydrogens (tertiary/aromatic N) is 2. The zero-order valence-electron chi connectivity index (χ0n) is 15.6. The molecular formula is C19H14F5N3O3. The third kappa shape index (κ3) is 3.53. The molecule has 0 atom stereocenters. The van der Waals surface area contributed by atoms with E-state index in [1.165, 1.54) is 9.36 Å². The topological polar surface area (TPSA) is 65.3 Å². The monoisotopic (exact) mass is 427 g/mol. The number of nitrogens with one attached hydrogen (secondary N) is 1. The summed E-state index contributed by atoms with van der Waals surface area (Å²) in [4.78, 5) is 24.8. The van der Waals surface area contributed by atoms with Crippen LogP contribution in [0.5, 0.6) is 5.75 Å². The second kappa shape index (κ2) is 8.01. The van der Waals surface area contributed by atoms with Gasteiger partial charge in [-0.25, -0.2) is 17.9 Å². The van der Waals surface area contributed by atoms with Crippen molar-refractivity contribution >= 4 is 11.6 Å². The summed E-state index contributed by atoms with van der Waals surface area (Å²) >= 11 is 0. The number of benzene rings is 2. The minimum absolute atomic E-state index is 0.132. The highest BCUT2D eigenvalue weighted by Gasteiger charge is 2.27. The Labute approximate surface area is 166 Å². The Morgan fingerprint density at radius 1 is 0.967 bits per heavy atom. The van der Waals surface area contributed by atoms with Gasteiger partial charge in [0, 0.05) is 7.05 Å². The zero-order chi connectivity index (χ0) is 22.2. The fraction of sp³-hybridized carbons (Fsp3) is 0.158. The molecule has 0 saturated heterocycles. The summed E-state index contributed by atoms with van der Waals surface area (Å²) in [5, 5.41) is 2.23. The van der Waals surface area contributed by atoms with Gasteiger partial charge in [-0.1, -0.05) is 18.2 Å². The largest absolute Gasteiger partial charge is 0.477 e. The first-order valence-electron chi connectivity index (χ1n) is 8.43. The van der Waals surface area contributed by atoms with Gasteiger partial charge in [0.05, 0.1) is 11.4 Å². The van der Waals surface area contributed by atoms with Crippen molar-refractivity contribution in [3.05, 3.63) is 75.5 Å². The Morgan fingerprint density at radius 2 is 1.50 bits per heavy atom. The van der Waals surface area contributed by atoms with Crippen LogP contribution in [0.3, 0.4) is 0 Å². The lowest BCUT2D eigenvalue weighted by atomic mass is 10.2. The Kier molecular flexibility index (Phi) is 5.63. The first kappa shape index (κ1) is 21.1. The molecule has 3 aromatic rings. The average molecular weight is 427 g/mol. The number of aromatic nitrogens is 2. The summed E-state index contributed by atoms with van der Waals surface area (Å²) in [7, 11) is 1.57. The number of rotatable bonds is 5. The molecule has 158 valence electrons. The van der Waals surface area contributed by atoms with Gasteiger partial charge >= 0.3 is 0 Å². The molecule has 1 aromatic heterocycles. The number of carbonyl (C=O) groups is 1. The Balaban J connectivity index is 1.83. The van der Waals surface area contributed by atoms with Crippen LogP contribution in [0.1, 0.15) is 5.69 Å². The third-order valence-electron chi connectivity index (χ3n) is 4.34. The second-order valence-corrected chi connectivity index (χ2v) is 6.17. The van der Waals surface area contributed by atoms with Gasteiger partial charge in [0.15, 0.2) is 12.4 Å². The average Bonchev–Trinajstić information content (AvgIpc) is 2.94. The van der Waals surface area contributed by atoms with Gasteiger partial charge in [-0.2, -0.15) is 8.78 Å². The van der Waals surface area contributed by atoms with Crippen LogP contribution in [0.2, 0.25) is 0 Å². The maximum Gasteiger partial charge on any atom is 0.295 e. The van der Waals surface area contributed by atoms with E-state index >= 15 is 0 Å². The number of hydrogen-bond acceptors (Lipinski definition) is 3. The van der Waals surface area contributed by atoms with Crippen LogP contribution < -0.4 is 15.6 Å². The summed E-state index contributed by atoms with van der Waals surface area (Å²) in [6.45, 7) is 0.443. The molecule has 0 bridgehead atoms. The number of anilines is 1. The van der Waals surface area contributed by atoms with E-state index in [0.717, 1.165) is 0 Å². The molecule has 0 spiro atoms. The number of halogens is 5. The molecular weight excluding hydrogens is 413 g/mol. The quantitative estimate of drug-likeness (QED) is 0.387. The number of para-hydroxylation sites is 1. The smallest absolute Gasteiger partial charge is 0.295 e. The van der Waals surface area contributed by atoms with Gasteiger partial charge in [0.2, 0.25) is 29.1 Å². The third-order valence-corrected chi connectivity index (χ3v) is 4.34. The predicted octanol–water partition coefficient (Wildman–Crippen LogP) is 3.20. The molecule has 0 fully saturated rings. The van der Waals surface area contributed by atoms with E-state index in [1.54, 1.807) is 44.3 Å². The first-order valence-corrected chi connectivity index (χ1v) is 8.43. The van der Waals surface area contributed by atoms with Crippen molar-refractivity contribution in [2.45, 2.75) is 6.92 Å². The van der Waals surface area contributed by atoms with E-state index in [2.05, 4.69) is 10.1 Å². The minimum atomic E-state index is -2.34. The van der Waals surface area contributed by atoms with Gasteiger partial charge < -0.3 is 10.1 Å². The molecule has 0 aliphatic heterocycles. The molecule has 0 aliphatic carbocycles. The van der Waals surface area contributed by atoms with Crippen LogP contribution in [0.4, 0.5) is 27.6 Å². The summed E-state index contributed by atoms with van der Waals surface area (Å²) < 4.78 is 73.9. The normalized spacial score (nSPS) is 10.9. The summed E-state index contributed by atoms with van der Waals surface area (Å²) in [6, 6.07) is 8.50. The maximum absolute atomic E-state index is 13.6. The number of ether oxygens (including phenoxy) is 1. The molecule has 1 N–H and O–H groups in total. The lowest BCUT2D eigenvalue weighted by Gasteiger charge is -2.10. The van der Waals surface area contributed by atoms with E-state index in [9.17, 15) is 31.5 Å². The number of carbonyl (C=O) groups excluding carboxylic acids is 1. The van der Waals surface area contributed by atoms with Crippen molar-refractivity contribution in [1.29, 1.82) is 0 Å².